The van der Waals surface area contributed by atoms with Gasteiger partial charge in [0.2, 0.25) is 11.8 Å². The maximum atomic E-state index is 6.51. The molecule has 0 fully saturated rings. The number of aryl methyl sites for hydroxylation is 2. The molecule has 0 saturated heterocycles. The normalized spacial score (nSPS) is 15.2. The molecular weight excluding hydrogens is 496 g/mol. The van der Waals surface area contributed by atoms with Crippen molar-refractivity contribution in [2.24, 2.45) is 0 Å². The van der Waals surface area contributed by atoms with Crippen molar-refractivity contribution in [1.82, 2.24) is 9.97 Å². The number of aromatic nitrogens is 2. The van der Waals surface area contributed by atoms with Gasteiger partial charge in [-0.2, -0.15) is 0 Å². The van der Waals surface area contributed by atoms with Crippen LogP contribution in [0.1, 0.15) is 34.0 Å². The number of para-hydroxylation sites is 4. The summed E-state index contributed by atoms with van der Waals surface area (Å²) >= 11 is 0. The minimum Gasteiger partial charge on any atom is -0.437 e. The van der Waals surface area contributed by atoms with Gasteiger partial charge in [-0.05, 0) is 60.4 Å². The number of fused-ring (bicyclic) bond motifs is 2. The fourth-order valence-corrected chi connectivity index (χ4v) is 9.21. The van der Waals surface area contributed by atoms with E-state index in [-0.39, 0.29) is 0 Å². The zero-order valence-electron chi connectivity index (χ0n) is 22.4. The van der Waals surface area contributed by atoms with E-state index < -0.39 is 8.07 Å². The summed E-state index contributed by atoms with van der Waals surface area (Å²) in [6.07, 6.45) is 0. The predicted octanol–water partition coefficient (Wildman–Crippen LogP) is 8.91. The molecule has 0 aliphatic carbocycles. The highest BCUT2D eigenvalue weighted by molar-refractivity contribution is 7.12. The lowest BCUT2D eigenvalue weighted by molar-refractivity contribution is 0.586. The smallest absolute Gasteiger partial charge is 0.220 e. The first-order valence-electron chi connectivity index (χ1n) is 13.3. The lowest BCUT2D eigenvalue weighted by Crippen LogP contribution is -2.29. The van der Waals surface area contributed by atoms with Crippen molar-refractivity contribution in [2.75, 3.05) is 0 Å². The SMILES string of the molecule is Cc1cccc(C2=C(c3nc4ccccc4o3)[Si](C)(C)C(c3nc4ccccc4o3)=C2c2cccc(C)c2)c1. The third kappa shape index (κ3) is 3.81. The summed E-state index contributed by atoms with van der Waals surface area (Å²) < 4.78 is 13.0. The minimum atomic E-state index is -2.49. The average Bonchev–Trinajstić information content (AvgIpc) is 3.59. The van der Waals surface area contributed by atoms with Gasteiger partial charge in [-0.1, -0.05) is 97.0 Å². The number of allylic oxidation sites excluding steroid dienone is 2. The molecule has 3 heterocycles. The quantitative estimate of drug-likeness (QED) is 0.216. The van der Waals surface area contributed by atoms with Gasteiger partial charge in [0.05, 0.1) is 0 Å². The molecular formula is C34H28N2O2Si. The Morgan fingerprint density at radius 3 is 1.38 bits per heavy atom. The van der Waals surface area contributed by atoms with Crippen LogP contribution in [0.2, 0.25) is 13.1 Å². The molecule has 0 spiro atoms. The molecule has 0 radical (unpaired) electrons. The van der Waals surface area contributed by atoms with Crippen LogP contribution in [-0.2, 0) is 0 Å². The highest BCUT2D eigenvalue weighted by atomic mass is 28.3. The van der Waals surface area contributed by atoms with Crippen molar-refractivity contribution in [3.05, 3.63) is 131 Å². The van der Waals surface area contributed by atoms with Gasteiger partial charge in [-0.15, -0.1) is 0 Å². The molecule has 0 atom stereocenters. The molecule has 4 aromatic carbocycles. The van der Waals surface area contributed by atoms with Crippen LogP contribution in [0.3, 0.4) is 0 Å². The first-order chi connectivity index (χ1) is 18.9. The van der Waals surface area contributed by atoms with E-state index in [9.17, 15) is 0 Å². The molecule has 190 valence electrons. The molecule has 5 heteroatoms. The molecule has 2 aromatic heterocycles. The highest BCUT2D eigenvalue weighted by Gasteiger charge is 2.48. The van der Waals surface area contributed by atoms with Crippen LogP contribution in [0.15, 0.2) is 106 Å². The molecule has 0 N–H and O–H groups in total. The van der Waals surface area contributed by atoms with Crippen LogP contribution in [-0.4, -0.2) is 18.0 Å². The third-order valence-electron chi connectivity index (χ3n) is 7.63. The van der Waals surface area contributed by atoms with E-state index in [4.69, 9.17) is 18.8 Å². The maximum Gasteiger partial charge on any atom is 0.220 e. The standard InChI is InChI=1S/C34H28N2O2Si/c1-21-11-9-13-23(19-21)29-30(24-14-10-12-22(2)20-24)32(34-36-26-16-6-8-18-28(26)38-34)39(3,4)31(29)33-35-25-15-5-7-17-27(25)37-33/h5-20H,1-4H3. The second kappa shape index (κ2) is 8.78. The second-order valence-electron chi connectivity index (χ2n) is 10.8. The van der Waals surface area contributed by atoms with Crippen LogP contribution in [0.4, 0.5) is 0 Å². The fraction of sp³-hybridized carbons (Fsp3) is 0.118. The third-order valence-corrected chi connectivity index (χ3v) is 11.1. The van der Waals surface area contributed by atoms with Gasteiger partial charge in [-0.3, -0.25) is 0 Å². The van der Waals surface area contributed by atoms with Crippen molar-refractivity contribution in [1.29, 1.82) is 0 Å². The van der Waals surface area contributed by atoms with Crippen LogP contribution in [0, 0.1) is 13.8 Å². The molecule has 1 aliphatic heterocycles. The Kier molecular flexibility index (Phi) is 5.32. The number of benzene rings is 4. The second-order valence-corrected chi connectivity index (χ2v) is 15.1. The zero-order valence-corrected chi connectivity index (χ0v) is 23.4. The Morgan fingerprint density at radius 1 is 0.538 bits per heavy atom. The number of oxazole rings is 2. The summed E-state index contributed by atoms with van der Waals surface area (Å²) in [4.78, 5) is 10.1. The Labute approximate surface area is 228 Å². The van der Waals surface area contributed by atoms with Crippen LogP contribution in [0.25, 0.3) is 43.7 Å². The number of hydrogen-bond donors (Lipinski definition) is 0. The molecule has 1 aliphatic rings. The first-order valence-corrected chi connectivity index (χ1v) is 16.3. The van der Waals surface area contributed by atoms with E-state index in [0.717, 1.165) is 54.9 Å². The summed E-state index contributed by atoms with van der Waals surface area (Å²) in [7, 11) is -2.49. The highest BCUT2D eigenvalue weighted by Crippen LogP contribution is 2.55. The maximum absolute atomic E-state index is 6.51. The Hall–Kier alpha value is -4.48. The number of rotatable bonds is 4. The van der Waals surface area contributed by atoms with E-state index in [1.165, 1.54) is 11.1 Å². The van der Waals surface area contributed by atoms with Crippen molar-refractivity contribution >= 4 is 51.8 Å². The molecule has 0 amide bonds. The van der Waals surface area contributed by atoms with Crippen LogP contribution in [0.5, 0.6) is 0 Å². The lowest BCUT2D eigenvalue weighted by Gasteiger charge is -2.21. The van der Waals surface area contributed by atoms with Gasteiger partial charge in [0, 0.05) is 10.4 Å². The van der Waals surface area contributed by atoms with Gasteiger partial charge >= 0.3 is 0 Å². The monoisotopic (exact) mass is 524 g/mol. The molecule has 6 aromatic rings. The van der Waals surface area contributed by atoms with E-state index in [0.29, 0.717) is 11.8 Å². The van der Waals surface area contributed by atoms with E-state index in [1.807, 2.05) is 48.5 Å². The molecule has 0 saturated carbocycles. The van der Waals surface area contributed by atoms with Gasteiger partial charge in [0.25, 0.3) is 0 Å². The summed E-state index contributed by atoms with van der Waals surface area (Å²) in [5.74, 6) is 1.36. The largest absolute Gasteiger partial charge is 0.437 e. The number of nitrogens with zero attached hydrogens (tertiary/aromatic N) is 2. The minimum absolute atomic E-state index is 0.681. The molecule has 7 rings (SSSR count). The van der Waals surface area contributed by atoms with Gasteiger partial charge < -0.3 is 8.83 Å². The average molecular weight is 525 g/mol. The van der Waals surface area contributed by atoms with Crippen molar-refractivity contribution in [2.45, 2.75) is 26.9 Å². The predicted molar refractivity (Wildman–Crippen MR) is 161 cm³/mol. The van der Waals surface area contributed by atoms with E-state index in [2.05, 4.69) is 75.5 Å². The summed E-state index contributed by atoms with van der Waals surface area (Å²) in [5, 5.41) is 2.33. The molecule has 39 heavy (non-hydrogen) atoms. The fourth-order valence-electron chi connectivity index (χ4n) is 5.89. The van der Waals surface area contributed by atoms with Gasteiger partial charge in [0.1, 0.15) is 19.1 Å². The van der Waals surface area contributed by atoms with Crippen LogP contribution < -0.4 is 0 Å². The number of hydrogen-bond acceptors (Lipinski definition) is 4. The molecule has 0 unspecified atom stereocenters. The van der Waals surface area contributed by atoms with Crippen molar-refractivity contribution in [3.63, 3.8) is 0 Å². The summed E-state index contributed by atoms with van der Waals surface area (Å²) in [5.41, 5.74) is 10.3. The molecule has 4 nitrogen and oxygen atoms in total. The van der Waals surface area contributed by atoms with Crippen molar-refractivity contribution < 1.29 is 8.83 Å². The Bertz CT molecular complexity index is 1760. The first kappa shape index (κ1) is 23.6. The Balaban J connectivity index is 1.62. The topological polar surface area (TPSA) is 52.1 Å². The van der Waals surface area contributed by atoms with E-state index >= 15 is 0 Å². The Morgan fingerprint density at radius 2 is 0.974 bits per heavy atom. The summed E-state index contributed by atoms with van der Waals surface area (Å²) in [6, 6.07) is 33.4. The van der Waals surface area contributed by atoms with Crippen LogP contribution >= 0.6 is 0 Å². The zero-order chi connectivity index (χ0) is 26.7. The molecule has 0 bridgehead atoms. The van der Waals surface area contributed by atoms with E-state index in [1.54, 1.807) is 0 Å². The van der Waals surface area contributed by atoms with Crippen molar-refractivity contribution in [3.8, 4) is 0 Å². The lowest BCUT2D eigenvalue weighted by atomic mass is 9.90. The van der Waals surface area contributed by atoms with Gasteiger partial charge in [-0.25, -0.2) is 9.97 Å². The summed E-state index contributed by atoms with van der Waals surface area (Å²) in [6.45, 7) is 9.00. The van der Waals surface area contributed by atoms with Gasteiger partial charge in [0.15, 0.2) is 11.2 Å².